The van der Waals surface area contributed by atoms with Crippen molar-refractivity contribution < 1.29 is 63.2 Å². The van der Waals surface area contributed by atoms with Crippen LogP contribution >= 0.6 is 0 Å². The number of ketones is 2. The third-order valence-electron chi connectivity index (χ3n) is 14.0. The molecule has 0 amide bonds. The SMILES string of the molecule is Cc1cccc(COc2ccc(C)c([C@@H]3O[C@@H]4C[C@H]5[C@@H]6CCC7=CC(=O)C=C[C@]7(C)[C@H]6[C@@H](O)C[C@]5(C)[C@]4(C(=O)CO[C@@H]4O[C@H](CO)[C@H](O)[C@H](O)[C@H]4O)O3)c2F)c1. The highest BCUT2D eigenvalue weighted by Gasteiger charge is 2.76. The molecule has 0 aromatic heterocycles. The van der Waals surface area contributed by atoms with E-state index in [1.807, 2.05) is 44.2 Å². The summed E-state index contributed by atoms with van der Waals surface area (Å²) >= 11 is 0. The monoisotopic (exact) mass is 778 g/mol. The summed E-state index contributed by atoms with van der Waals surface area (Å²) in [6.07, 6.45) is -4.14. The quantitative estimate of drug-likeness (QED) is 0.251. The van der Waals surface area contributed by atoms with Crippen molar-refractivity contribution in [2.45, 2.75) is 115 Å². The fourth-order valence-electron chi connectivity index (χ4n) is 11.2. The molecule has 5 N–H and O–H groups in total. The largest absolute Gasteiger partial charge is 0.486 e. The lowest BCUT2D eigenvalue weighted by Gasteiger charge is -2.59. The Morgan fingerprint density at radius 3 is 2.57 bits per heavy atom. The van der Waals surface area contributed by atoms with Crippen LogP contribution in [0.1, 0.15) is 68.1 Å². The van der Waals surface area contributed by atoms with E-state index in [4.69, 9.17) is 23.7 Å². The molecule has 5 fully saturated rings. The van der Waals surface area contributed by atoms with Crippen molar-refractivity contribution in [3.63, 3.8) is 0 Å². The molecule has 6 aliphatic rings. The molecule has 0 bridgehead atoms. The van der Waals surface area contributed by atoms with Crippen LogP contribution in [-0.2, 0) is 35.1 Å². The summed E-state index contributed by atoms with van der Waals surface area (Å²) in [6, 6.07) is 10.9. The zero-order valence-corrected chi connectivity index (χ0v) is 32.0. The minimum Gasteiger partial charge on any atom is -0.486 e. The Bertz CT molecular complexity index is 1950. The highest BCUT2D eigenvalue weighted by molar-refractivity contribution is 6.01. The van der Waals surface area contributed by atoms with Gasteiger partial charge in [0.2, 0.25) is 0 Å². The lowest BCUT2D eigenvalue weighted by Crippen LogP contribution is -2.64. The Morgan fingerprint density at radius 1 is 1.04 bits per heavy atom. The Kier molecular flexibility index (Phi) is 10.2. The van der Waals surface area contributed by atoms with Crippen molar-refractivity contribution in [1.82, 2.24) is 0 Å². The number of Topliss-reactive ketones (excluding diaryl/α,β-unsaturated/α-hetero) is 1. The van der Waals surface area contributed by atoms with Crippen molar-refractivity contribution in [1.29, 1.82) is 0 Å². The zero-order chi connectivity index (χ0) is 39.9. The molecule has 2 aliphatic heterocycles. The molecule has 2 heterocycles. The number of aliphatic hydroxyl groups is 5. The number of hydrogen-bond donors (Lipinski definition) is 5. The first-order valence-electron chi connectivity index (χ1n) is 19.5. The molecule has 0 radical (unpaired) electrons. The summed E-state index contributed by atoms with van der Waals surface area (Å²) in [5.41, 5.74) is 0.0787. The first-order chi connectivity index (χ1) is 26.6. The summed E-state index contributed by atoms with van der Waals surface area (Å²) in [5, 5.41) is 53.3. The van der Waals surface area contributed by atoms with Crippen LogP contribution in [0.3, 0.4) is 0 Å². The second kappa shape index (κ2) is 14.5. The fraction of sp³-hybridized carbons (Fsp3) is 0.581. The van der Waals surface area contributed by atoms with Gasteiger partial charge < -0.3 is 49.2 Å². The van der Waals surface area contributed by atoms with Crippen molar-refractivity contribution in [2.75, 3.05) is 13.2 Å². The molecule has 8 rings (SSSR count). The second-order valence-corrected chi connectivity index (χ2v) is 17.1. The van der Waals surface area contributed by atoms with Crippen molar-refractivity contribution in [2.24, 2.45) is 28.6 Å². The highest BCUT2D eigenvalue weighted by Crippen LogP contribution is 2.70. The number of carbonyl (C=O) groups is 2. The van der Waals surface area contributed by atoms with Crippen molar-refractivity contribution >= 4 is 11.6 Å². The van der Waals surface area contributed by atoms with E-state index in [-0.39, 0.29) is 47.9 Å². The molecule has 2 saturated heterocycles. The van der Waals surface area contributed by atoms with Crippen LogP contribution in [0.15, 0.2) is 60.2 Å². The van der Waals surface area contributed by atoms with Gasteiger partial charge in [-0.05, 0) is 80.7 Å². The number of rotatable bonds is 9. The minimum atomic E-state index is -1.77. The van der Waals surface area contributed by atoms with E-state index in [2.05, 4.69) is 6.92 Å². The topological polar surface area (TPSA) is 181 Å². The smallest absolute Gasteiger partial charge is 0.193 e. The Morgan fingerprint density at radius 2 is 1.82 bits per heavy atom. The summed E-state index contributed by atoms with van der Waals surface area (Å²) < 4.78 is 47.4. The van der Waals surface area contributed by atoms with Gasteiger partial charge in [0.05, 0.1) is 24.4 Å². The summed E-state index contributed by atoms with van der Waals surface area (Å²) in [5.74, 6) is -1.91. The van der Waals surface area contributed by atoms with Crippen molar-refractivity contribution in [3.05, 3.63) is 88.3 Å². The van der Waals surface area contributed by atoms with E-state index in [0.717, 1.165) is 16.7 Å². The fourth-order valence-corrected chi connectivity index (χ4v) is 11.2. The van der Waals surface area contributed by atoms with Crippen molar-refractivity contribution in [3.8, 4) is 5.75 Å². The van der Waals surface area contributed by atoms with Gasteiger partial charge in [0, 0.05) is 16.7 Å². The van der Waals surface area contributed by atoms with E-state index in [0.29, 0.717) is 24.8 Å². The Hall–Kier alpha value is -3.37. The van der Waals surface area contributed by atoms with Crippen LogP contribution in [-0.4, -0.2) is 98.8 Å². The Labute approximate surface area is 324 Å². The molecule has 12 nitrogen and oxygen atoms in total. The lowest BCUT2D eigenvalue weighted by atomic mass is 9.46. The van der Waals surface area contributed by atoms with Gasteiger partial charge in [-0.15, -0.1) is 0 Å². The maximum absolute atomic E-state index is 16.6. The first-order valence-corrected chi connectivity index (χ1v) is 19.5. The number of ether oxygens (including phenoxy) is 5. The number of allylic oxidation sites excluding steroid dienone is 4. The number of aliphatic hydroxyl groups excluding tert-OH is 5. The predicted octanol–water partition coefficient (Wildman–Crippen LogP) is 3.45. The van der Waals surface area contributed by atoms with E-state index in [1.165, 1.54) is 0 Å². The molecular weight excluding hydrogens is 727 g/mol. The van der Waals surface area contributed by atoms with E-state index in [1.54, 1.807) is 31.2 Å². The Balaban J connectivity index is 1.13. The molecule has 56 heavy (non-hydrogen) atoms. The molecule has 0 spiro atoms. The number of hydrogen-bond acceptors (Lipinski definition) is 12. The molecule has 2 aromatic carbocycles. The van der Waals surface area contributed by atoms with E-state index < -0.39 is 90.4 Å². The van der Waals surface area contributed by atoms with Crippen LogP contribution in [0, 0.1) is 48.2 Å². The first kappa shape index (κ1) is 39.5. The third-order valence-corrected chi connectivity index (χ3v) is 14.0. The molecule has 13 heteroatoms. The van der Waals surface area contributed by atoms with Gasteiger partial charge in [-0.2, -0.15) is 0 Å². The summed E-state index contributed by atoms with van der Waals surface area (Å²) in [7, 11) is 0. The number of halogens is 1. The van der Waals surface area contributed by atoms with E-state index in [9.17, 15) is 35.1 Å². The normalized spacial score (nSPS) is 41.4. The number of fused-ring (bicyclic) bond motifs is 7. The van der Waals surface area contributed by atoms with Crippen LogP contribution in [0.5, 0.6) is 5.75 Å². The summed E-state index contributed by atoms with van der Waals surface area (Å²) in [4.78, 5) is 27.3. The average molecular weight is 779 g/mol. The van der Waals surface area contributed by atoms with Gasteiger partial charge >= 0.3 is 0 Å². The van der Waals surface area contributed by atoms with Gasteiger partial charge in [-0.1, -0.05) is 61.4 Å². The zero-order valence-electron chi connectivity index (χ0n) is 32.0. The molecule has 2 aromatic rings. The number of carbonyl (C=O) groups excluding carboxylic acids is 2. The molecular formula is C43H51FO12. The standard InChI is InChI=1S/C43H51FO12/c1-21-6-5-7-23(14-21)19-52-29-11-8-22(2)33(35(29)44)39-55-32-16-27-26-10-9-24-15-25(46)12-13-41(24,3)34(26)28(47)17-42(27,4)43(32,56-39)31(48)20-53-40-38(51)37(50)36(49)30(18-45)54-40/h5-8,11-15,26-28,30,32,34,36-40,45,47,49-51H,9-10,16-20H2,1-4H3/t26-,27-,28-,30+,32+,34+,36-,37-,38+,39+,40+,41-,42-,43+/m0/s1. The average Bonchev–Trinajstić information content (AvgIpc) is 3.65. The van der Waals surface area contributed by atoms with Crippen LogP contribution in [0.4, 0.5) is 4.39 Å². The van der Waals surface area contributed by atoms with Gasteiger partial charge in [-0.25, -0.2) is 4.39 Å². The van der Waals surface area contributed by atoms with Gasteiger partial charge in [-0.3, -0.25) is 9.59 Å². The predicted molar refractivity (Wildman–Crippen MR) is 196 cm³/mol. The highest BCUT2D eigenvalue weighted by atomic mass is 19.1. The van der Waals surface area contributed by atoms with Gasteiger partial charge in [0.1, 0.15) is 37.6 Å². The lowest BCUT2D eigenvalue weighted by molar-refractivity contribution is -0.300. The van der Waals surface area contributed by atoms with Crippen LogP contribution in [0.25, 0.3) is 0 Å². The van der Waals surface area contributed by atoms with E-state index >= 15 is 4.39 Å². The van der Waals surface area contributed by atoms with Gasteiger partial charge in [0.25, 0.3) is 0 Å². The van der Waals surface area contributed by atoms with Gasteiger partial charge in [0.15, 0.2) is 41.3 Å². The molecule has 0 unspecified atom stereocenters. The van der Waals surface area contributed by atoms with Crippen LogP contribution < -0.4 is 4.74 Å². The molecule has 4 aliphatic carbocycles. The minimum absolute atomic E-state index is 0.0129. The number of benzene rings is 2. The maximum atomic E-state index is 16.6. The molecule has 302 valence electrons. The number of aryl methyl sites for hydroxylation is 2. The van der Waals surface area contributed by atoms with Crippen LogP contribution in [0.2, 0.25) is 0 Å². The maximum Gasteiger partial charge on any atom is 0.193 e. The molecule has 14 atom stereocenters. The molecule has 3 saturated carbocycles. The summed E-state index contributed by atoms with van der Waals surface area (Å²) in [6.45, 7) is 6.38. The third kappa shape index (κ3) is 6.05. The second-order valence-electron chi connectivity index (χ2n) is 17.1.